The number of hydrogen-bond acceptors (Lipinski definition) is 4. The summed E-state index contributed by atoms with van der Waals surface area (Å²) in [6.07, 6.45) is 0.449. The Morgan fingerprint density at radius 3 is 2.79 bits per heavy atom. The van der Waals surface area contributed by atoms with E-state index in [0.29, 0.717) is 24.3 Å². The zero-order valence-corrected chi connectivity index (χ0v) is 12.7. The number of nitrogens with two attached hydrogens (primary N) is 1. The fourth-order valence-corrected chi connectivity index (χ4v) is 2.04. The van der Waals surface area contributed by atoms with Crippen LogP contribution in [-0.4, -0.2) is 36.9 Å². The molecule has 1 atom stereocenters. The van der Waals surface area contributed by atoms with Gasteiger partial charge in [0.2, 0.25) is 0 Å². The molecule has 0 aliphatic heterocycles. The molecule has 0 radical (unpaired) electrons. The molecule has 0 aromatic heterocycles. The van der Waals surface area contributed by atoms with Crippen LogP contribution in [0.15, 0.2) is 22.7 Å². The molecule has 1 aromatic carbocycles. The number of hydrogen-bond donors (Lipinski definition) is 3. The fourth-order valence-electron chi connectivity index (χ4n) is 1.53. The third-order valence-electron chi connectivity index (χ3n) is 2.66. The van der Waals surface area contributed by atoms with Crippen LogP contribution in [0.5, 0.6) is 0 Å². The number of ether oxygens (including phenoxy) is 1. The zero-order chi connectivity index (χ0) is 14.5. The molecule has 1 rings (SSSR count). The molecule has 0 saturated heterocycles. The Labute approximate surface area is 121 Å². The normalized spacial score (nSPS) is 13.9. The average Bonchev–Trinajstić information content (AvgIpc) is 2.32. The SMILES string of the molecule is COCCC(C)(O)CNC(=O)c1cc(N)cc(Br)c1. The number of methoxy groups -OCH3 is 1. The lowest BCUT2D eigenvalue weighted by Crippen LogP contribution is -2.41. The van der Waals surface area contributed by atoms with Gasteiger partial charge in [-0.1, -0.05) is 15.9 Å². The maximum absolute atomic E-state index is 11.9. The molecule has 1 aromatic rings. The van der Waals surface area contributed by atoms with Crippen molar-refractivity contribution in [3.63, 3.8) is 0 Å². The van der Waals surface area contributed by atoms with Crippen LogP contribution >= 0.6 is 15.9 Å². The summed E-state index contributed by atoms with van der Waals surface area (Å²) in [5.74, 6) is -0.273. The highest BCUT2D eigenvalue weighted by Gasteiger charge is 2.21. The first-order valence-corrected chi connectivity index (χ1v) is 6.69. The van der Waals surface area contributed by atoms with Gasteiger partial charge in [-0.05, 0) is 25.1 Å². The van der Waals surface area contributed by atoms with Gasteiger partial charge >= 0.3 is 0 Å². The molecule has 0 spiro atoms. The lowest BCUT2D eigenvalue weighted by Gasteiger charge is -2.23. The Hall–Kier alpha value is -1.11. The summed E-state index contributed by atoms with van der Waals surface area (Å²) in [4.78, 5) is 11.9. The Kier molecular flexibility index (Phi) is 5.78. The molecule has 106 valence electrons. The molecule has 0 aliphatic carbocycles. The van der Waals surface area contributed by atoms with Crippen molar-refractivity contribution >= 4 is 27.5 Å². The second-order valence-corrected chi connectivity index (χ2v) is 5.61. The highest BCUT2D eigenvalue weighted by Crippen LogP contribution is 2.17. The Morgan fingerprint density at radius 1 is 1.53 bits per heavy atom. The van der Waals surface area contributed by atoms with Crippen LogP contribution < -0.4 is 11.1 Å². The maximum atomic E-state index is 11.9. The van der Waals surface area contributed by atoms with Gasteiger partial charge in [-0.2, -0.15) is 0 Å². The Morgan fingerprint density at radius 2 is 2.21 bits per heavy atom. The Bertz CT molecular complexity index is 429. The first-order chi connectivity index (χ1) is 8.84. The minimum atomic E-state index is -0.997. The summed E-state index contributed by atoms with van der Waals surface area (Å²) in [7, 11) is 1.57. The van der Waals surface area contributed by atoms with E-state index < -0.39 is 5.60 Å². The second-order valence-electron chi connectivity index (χ2n) is 4.70. The molecule has 4 N–H and O–H groups in total. The van der Waals surface area contributed by atoms with Crippen LogP contribution in [0.1, 0.15) is 23.7 Å². The smallest absolute Gasteiger partial charge is 0.251 e. The maximum Gasteiger partial charge on any atom is 0.251 e. The summed E-state index contributed by atoms with van der Waals surface area (Å²) < 4.78 is 5.64. The molecular formula is C13H19BrN2O3. The number of carbonyl (C=O) groups excluding carboxylic acids is 1. The third kappa shape index (κ3) is 5.59. The number of carbonyl (C=O) groups is 1. The van der Waals surface area contributed by atoms with E-state index in [4.69, 9.17) is 10.5 Å². The van der Waals surface area contributed by atoms with E-state index >= 15 is 0 Å². The number of nitrogens with one attached hydrogen (secondary N) is 1. The number of rotatable bonds is 6. The molecule has 0 saturated carbocycles. The largest absolute Gasteiger partial charge is 0.399 e. The number of anilines is 1. The lowest BCUT2D eigenvalue weighted by molar-refractivity contribution is 0.0243. The van der Waals surface area contributed by atoms with E-state index in [2.05, 4.69) is 21.2 Å². The predicted molar refractivity (Wildman–Crippen MR) is 78.0 cm³/mol. The second kappa shape index (κ2) is 6.88. The van der Waals surface area contributed by atoms with Crippen molar-refractivity contribution in [1.82, 2.24) is 5.32 Å². The van der Waals surface area contributed by atoms with Crippen LogP contribution in [-0.2, 0) is 4.74 Å². The number of aliphatic hydroxyl groups is 1. The third-order valence-corrected chi connectivity index (χ3v) is 3.11. The summed E-state index contributed by atoms with van der Waals surface area (Å²) in [6, 6.07) is 4.98. The summed E-state index contributed by atoms with van der Waals surface area (Å²) in [5, 5.41) is 12.7. The van der Waals surface area contributed by atoms with Crippen molar-refractivity contribution in [2.24, 2.45) is 0 Å². The van der Waals surface area contributed by atoms with Crippen molar-refractivity contribution in [2.75, 3.05) is 26.0 Å². The minimum Gasteiger partial charge on any atom is -0.399 e. The zero-order valence-electron chi connectivity index (χ0n) is 11.1. The molecule has 19 heavy (non-hydrogen) atoms. The van der Waals surface area contributed by atoms with Crippen LogP contribution in [0.25, 0.3) is 0 Å². The predicted octanol–water partition coefficient (Wildman–Crippen LogP) is 1.55. The lowest BCUT2D eigenvalue weighted by atomic mass is 10.0. The van der Waals surface area contributed by atoms with E-state index in [1.807, 2.05) is 0 Å². The van der Waals surface area contributed by atoms with Crippen LogP contribution in [0.2, 0.25) is 0 Å². The molecule has 0 bridgehead atoms. The molecule has 0 fully saturated rings. The monoisotopic (exact) mass is 330 g/mol. The summed E-state index contributed by atoms with van der Waals surface area (Å²) in [6.45, 7) is 2.25. The highest BCUT2D eigenvalue weighted by atomic mass is 79.9. The number of nitrogen functional groups attached to an aromatic ring is 1. The summed E-state index contributed by atoms with van der Waals surface area (Å²) in [5.41, 5.74) is 5.63. The molecule has 5 nitrogen and oxygen atoms in total. The molecule has 1 unspecified atom stereocenters. The van der Waals surface area contributed by atoms with Gasteiger partial charge in [0.25, 0.3) is 5.91 Å². The van der Waals surface area contributed by atoms with E-state index in [-0.39, 0.29) is 12.5 Å². The van der Waals surface area contributed by atoms with Gasteiger partial charge in [-0.25, -0.2) is 0 Å². The van der Waals surface area contributed by atoms with Crippen molar-refractivity contribution in [3.05, 3.63) is 28.2 Å². The van der Waals surface area contributed by atoms with Gasteiger partial charge in [0, 0.05) is 42.4 Å². The van der Waals surface area contributed by atoms with Gasteiger partial charge in [0.15, 0.2) is 0 Å². The van der Waals surface area contributed by atoms with Crippen molar-refractivity contribution < 1.29 is 14.6 Å². The molecule has 6 heteroatoms. The number of benzene rings is 1. The molecule has 0 aliphatic rings. The van der Waals surface area contributed by atoms with Crippen molar-refractivity contribution in [1.29, 1.82) is 0 Å². The number of amides is 1. The molecular weight excluding hydrogens is 312 g/mol. The van der Waals surface area contributed by atoms with Crippen molar-refractivity contribution in [3.8, 4) is 0 Å². The quantitative estimate of drug-likeness (QED) is 0.691. The standard InChI is InChI=1S/C13H19BrN2O3/c1-13(18,3-4-19-2)8-16-12(17)9-5-10(14)7-11(15)6-9/h5-7,18H,3-4,8,15H2,1-2H3,(H,16,17). The van der Waals surface area contributed by atoms with E-state index in [9.17, 15) is 9.90 Å². The molecule has 1 amide bonds. The van der Waals surface area contributed by atoms with Crippen LogP contribution in [0.3, 0.4) is 0 Å². The average molecular weight is 331 g/mol. The molecule has 0 heterocycles. The van der Waals surface area contributed by atoms with E-state index in [1.165, 1.54) is 0 Å². The first-order valence-electron chi connectivity index (χ1n) is 5.90. The van der Waals surface area contributed by atoms with Gasteiger partial charge in [0.05, 0.1) is 5.60 Å². The number of halogens is 1. The van der Waals surface area contributed by atoms with Gasteiger partial charge in [-0.15, -0.1) is 0 Å². The van der Waals surface area contributed by atoms with Gasteiger partial charge in [-0.3, -0.25) is 4.79 Å². The topological polar surface area (TPSA) is 84.6 Å². The van der Waals surface area contributed by atoms with E-state index in [1.54, 1.807) is 32.2 Å². The Balaban J connectivity index is 2.60. The van der Waals surface area contributed by atoms with Crippen molar-refractivity contribution in [2.45, 2.75) is 18.9 Å². The summed E-state index contributed by atoms with van der Waals surface area (Å²) >= 11 is 3.28. The van der Waals surface area contributed by atoms with Gasteiger partial charge < -0.3 is 20.9 Å². The minimum absolute atomic E-state index is 0.154. The van der Waals surface area contributed by atoms with E-state index in [0.717, 1.165) is 4.47 Å². The van der Waals surface area contributed by atoms with Crippen LogP contribution in [0, 0.1) is 0 Å². The van der Waals surface area contributed by atoms with Crippen LogP contribution in [0.4, 0.5) is 5.69 Å². The fraction of sp³-hybridized carbons (Fsp3) is 0.462. The first kappa shape index (κ1) is 15.9. The van der Waals surface area contributed by atoms with Gasteiger partial charge in [0.1, 0.15) is 0 Å². The highest BCUT2D eigenvalue weighted by molar-refractivity contribution is 9.10.